The first-order valence-corrected chi connectivity index (χ1v) is 14.8. The highest BCUT2D eigenvalue weighted by Crippen LogP contribution is 2.63. The van der Waals surface area contributed by atoms with Gasteiger partial charge in [0.2, 0.25) is 5.91 Å². The van der Waals surface area contributed by atoms with Crippen LogP contribution in [-0.2, 0) is 11.2 Å². The van der Waals surface area contributed by atoms with Gasteiger partial charge in [-0.2, -0.15) is 0 Å². The fourth-order valence-electron chi connectivity index (χ4n) is 8.99. The molecule has 2 aliphatic heterocycles. The molecule has 4 fully saturated rings. The Labute approximate surface area is 212 Å². The Hall–Kier alpha value is -1.55. The predicted molar refractivity (Wildman–Crippen MR) is 141 cm³/mol. The topological polar surface area (TPSA) is 32.8 Å². The Morgan fingerprint density at radius 2 is 1.91 bits per heavy atom. The summed E-state index contributed by atoms with van der Waals surface area (Å²) in [6, 6.07) is 7.74. The van der Waals surface area contributed by atoms with Gasteiger partial charge in [-0.05, 0) is 131 Å². The fraction of sp³-hybridized carbons (Fsp3) is 0.774. The molecule has 4 heteroatoms. The van der Waals surface area contributed by atoms with E-state index in [-0.39, 0.29) is 11.3 Å². The Kier molecular flexibility index (Phi) is 6.62. The third-order valence-corrected chi connectivity index (χ3v) is 11.0. The minimum atomic E-state index is 0.217. The quantitative estimate of drug-likeness (QED) is 0.468. The maximum Gasteiger partial charge on any atom is 0.226 e. The third-order valence-electron chi connectivity index (χ3n) is 11.0. The molecule has 2 saturated carbocycles. The number of amides is 1. The van der Waals surface area contributed by atoms with E-state index >= 15 is 0 Å². The summed E-state index contributed by atoms with van der Waals surface area (Å²) in [6.45, 7) is 10.1. The number of rotatable bonds is 6. The van der Waals surface area contributed by atoms with E-state index in [9.17, 15) is 4.79 Å². The SMILES string of the molecule is C[C@@H]1CCCN1CCCOc1ccc2c(c1)CC[C@@H]1[C@@H]2CC[C@]2(C)[C@@H](C(=O)N3CCCC3)CC[C@@H]12. The number of carbonyl (C=O) groups excluding carboxylic acids is 1. The van der Waals surface area contributed by atoms with Crippen molar-refractivity contribution in [1.82, 2.24) is 9.80 Å². The number of carbonyl (C=O) groups is 1. The average molecular weight is 479 g/mol. The number of aryl methyl sites for hydroxylation is 1. The molecule has 4 nitrogen and oxygen atoms in total. The summed E-state index contributed by atoms with van der Waals surface area (Å²) >= 11 is 0. The maximum absolute atomic E-state index is 13.4. The van der Waals surface area contributed by atoms with E-state index in [2.05, 4.69) is 41.8 Å². The highest BCUT2D eigenvalue weighted by Gasteiger charge is 2.57. The highest BCUT2D eigenvalue weighted by atomic mass is 16.5. The molecule has 6 rings (SSSR count). The molecule has 5 aliphatic rings. The highest BCUT2D eigenvalue weighted by molar-refractivity contribution is 5.80. The summed E-state index contributed by atoms with van der Waals surface area (Å²) < 4.78 is 6.21. The summed E-state index contributed by atoms with van der Waals surface area (Å²) in [5, 5.41) is 0. The first-order valence-electron chi connectivity index (χ1n) is 14.8. The van der Waals surface area contributed by atoms with Crippen molar-refractivity contribution in [3.8, 4) is 5.75 Å². The molecule has 1 amide bonds. The van der Waals surface area contributed by atoms with Gasteiger partial charge in [0, 0.05) is 31.6 Å². The number of likely N-dealkylation sites (tertiary alicyclic amines) is 2. The van der Waals surface area contributed by atoms with Gasteiger partial charge < -0.3 is 14.5 Å². The molecule has 0 spiro atoms. The molecule has 0 bridgehead atoms. The van der Waals surface area contributed by atoms with E-state index in [0.717, 1.165) is 62.7 Å². The number of hydrogen-bond donors (Lipinski definition) is 0. The number of nitrogens with zero attached hydrogens (tertiary/aromatic N) is 2. The number of hydrogen-bond acceptors (Lipinski definition) is 3. The largest absolute Gasteiger partial charge is 0.494 e. The summed E-state index contributed by atoms with van der Waals surface area (Å²) in [6.07, 6.45) is 13.5. The zero-order valence-electron chi connectivity index (χ0n) is 22.1. The standard InChI is InChI=1S/C31H46N2O2/c1-22-7-5-18-32(22)19-6-20-35-24-9-11-25-23(21-24)8-10-27-26(25)14-15-31(2)28(27)12-13-29(31)30(34)33-16-3-4-17-33/h9,11,21-22,26-29H,3-8,10,12-20H2,1-2H3/t22-,26-,27-,28+,29-,31+/m1/s1. The Balaban J connectivity index is 1.09. The lowest BCUT2D eigenvalue weighted by molar-refractivity contribution is -0.140. The van der Waals surface area contributed by atoms with E-state index in [0.29, 0.717) is 11.8 Å². The smallest absolute Gasteiger partial charge is 0.226 e. The normalized spacial score (nSPS) is 36.6. The van der Waals surface area contributed by atoms with E-state index in [1.807, 2.05) is 0 Å². The van der Waals surface area contributed by atoms with Crippen molar-refractivity contribution in [3.05, 3.63) is 29.3 Å². The van der Waals surface area contributed by atoms with E-state index in [1.54, 1.807) is 5.56 Å². The summed E-state index contributed by atoms with van der Waals surface area (Å²) in [5.41, 5.74) is 3.34. The van der Waals surface area contributed by atoms with Crippen molar-refractivity contribution in [3.63, 3.8) is 0 Å². The molecule has 2 saturated heterocycles. The van der Waals surface area contributed by atoms with Crippen LogP contribution < -0.4 is 4.74 Å². The second-order valence-corrected chi connectivity index (χ2v) is 12.7. The van der Waals surface area contributed by atoms with Crippen molar-refractivity contribution in [2.75, 3.05) is 32.8 Å². The molecular weight excluding hydrogens is 432 g/mol. The summed E-state index contributed by atoms with van der Waals surface area (Å²) in [4.78, 5) is 18.2. The van der Waals surface area contributed by atoms with Crippen molar-refractivity contribution in [2.24, 2.45) is 23.2 Å². The van der Waals surface area contributed by atoms with Gasteiger partial charge in [-0.15, -0.1) is 0 Å². The molecule has 192 valence electrons. The van der Waals surface area contributed by atoms with Crippen LogP contribution in [0.5, 0.6) is 5.75 Å². The van der Waals surface area contributed by atoms with Crippen molar-refractivity contribution >= 4 is 5.91 Å². The zero-order chi connectivity index (χ0) is 24.0. The molecule has 2 heterocycles. The Morgan fingerprint density at radius 1 is 1.06 bits per heavy atom. The molecule has 0 aromatic heterocycles. The number of benzene rings is 1. The molecule has 0 N–H and O–H groups in total. The third kappa shape index (κ3) is 4.32. The second-order valence-electron chi connectivity index (χ2n) is 12.7. The molecule has 1 aromatic carbocycles. The van der Waals surface area contributed by atoms with Gasteiger partial charge in [-0.1, -0.05) is 13.0 Å². The lowest BCUT2D eigenvalue weighted by Gasteiger charge is -2.51. The van der Waals surface area contributed by atoms with Crippen LogP contribution in [0.1, 0.15) is 95.1 Å². The van der Waals surface area contributed by atoms with Crippen LogP contribution in [0.15, 0.2) is 18.2 Å². The monoisotopic (exact) mass is 478 g/mol. The fourth-order valence-corrected chi connectivity index (χ4v) is 8.99. The first-order chi connectivity index (χ1) is 17.0. The van der Waals surface area contributed by atoms with Crippen LogP contribution in [-0.4, -0.2) is 54.5 Å². The predicted octanol–water partition coefficient (Wildman–Crippen LogP) is 6.03. The Morgan fingerprint density at radius 3 is 2.71 bits per heavy atom. The van der Waals surface area contributed by atoms with Crippen LogP contribution >= 0.6 is 0 Å². The molecule has 1 aromatic rings. The molecule has 0 unspecified atom stereocenters. The molecule has 3 aliphatic carbocycles. The lowest BCUT2D eigenvalue weighted by Crippen LogP contribution is -2.46. The second kappa shape index (κ2) is 9.72. The van der Waals surface area contributed by atoms with E-state index in [4.69, 9.17) is 4.74 Å². The van der Waals surface area contributed by atoms with Crippen LogP contribution in [0.3, 0.4) is 0 Å². The van der Waals surface area contributed by atoms with Crippen molar-refractivity contribution in [2.45, 2.75) is 96.4 Å². The van der Waals surface area contributed by atoms with Gasteiger partial charge in [0.15, 0.2) is 0 Å². The molecule has 35 heavy (non-hydrogen) atoms. The minimum Gasteiger partial charge on any atom is -0.494 e. The zero-order valence-corrected chi connectivity index (χ0v) is 22.1. The van der Waals surface area contributed by atoms with E-state index < -0.39 is 0 Å². The Bertz CT molecular complexity index is 925. The minimum absolute atomic E-state index is 0.217. The van der Waals surface area contributed by atoms with Gasteiger partial charge in [-0.25, -0.2) is 0 Å². The van der Waals surface area contributed by atoms with E-state index in [1.165, 1.54) is 69.9 Å². The average Bonchev–Trinajstić information content (AvgIpc) is 3.61. The van der Waals surface area contributed by atoms with Crippen molar-refractivity contribution in [1.29, 1.82) is 0 Å². The lowest BCUT2D eigenvalue weighted by atomic mass is 9.54. The maximum atomic E-state index is 13.4. The van der Waals surface area contributed by atoms with Gasteiger partial charge in [0.05, 0.1) is 6.61 Å². The molecular formula is C31H46N2O2. The van der Waals surface area contributed by atoms with Gasteiger partial charge in [0.1, 0.15) is 5.75 Å². The van der Waals surface area contributed by atoms with Gasteiger partial charge in [0.25, 0.3) is 0 Å². The first kappa shape index (κ1) is 23.8. The summed E-state index contributed by atoms with van der Waals surface area (Å²) in [5.74, 6) is 3.98. The van der Waals surface area contributed by atoms with Crippen LogP contribution in [0, 0.1) is 23.2 Å². The summed E-state index contributed by atoms with van der Waals surface area (Å²) in [7, 11) is 0. The molecule has 6 atom stereocenters. The number of fused-ring (bicyclic) bond motifs is 5. The van der Waals surface area contributed by atoms with Crippen LogP contribution in [0.25, 0.3) is 0 Å². The van der Waals surface area contributed by atoms with Crippen LogP contribution in [0.2, 0.25) is 0 Å². The van der Waals surface area contributed by atoms with Crippen LogP contribution in [0.4, 0.5) is 0 Å². The van der Waals surface area contributed by atoms with Gasteiger partial charge >= 0.3 is 0 Å². The molecule has 0 radical (unpaired) electrons. The number of ether oxygens (including phenoxy) is 1. The van der Waals surface area contributed by atoms with Crippen molar-refractivity contribution < 1.29 is 9.53 Å². The van der Waals surface area contributed by atoms with Gasteiger partial charge in [-0.3, -0.25) is 4.79 Å².